The molecular weight excluding hydrogens is 209 g/mol. The lowest BCUT2D eigenvalue weighted by Gasteiger charge is -2.08. The minimum Gasteiger partial charge on any atom is -0.398 e. The van der Waals surface area contributed by atoms with Crippen LogP contribution in [-0.2, 0) is 0 Å². The van der Waals surface area contributed by atoms with Gasteiger partial charge in [-0.15, -0.1) is 0 Å². The normalized spacial score (nSPS) is 10.1. The molecule has 4 nitrogen and oxygen atoms in total. The van der Waals surface area contributed by atoms with Gasteiger partial charge < -0.3 is 5.73 Å². The molecule has 0 radical (unpaired) electrons. The lowest BCUT2D eigenvalue weighted by atomic mass is 10.1. The molecule has 1 amide bonds. The molecule has 0 saturated carbocycles. The number of hydrogen-bond donors (Lipinski definition) is 2. The van der Waals surface area contributed by atoms with Gasteiger partial charge in [-0.3, -0.25) is 14.9 Å². The van der Waals surface area contributed by atoms with E-state index in [1.165, 1.54) is 16.8 Å². The maximum Gasteiger partial charge on any atom is 0.272 e. The average Bonchev–Trinajstić information content (AvgIpc) is 2.74. The Hall–Kier alpha value is -2.30. The fraction of sp³-hybridized carbons (Fsp3) is 0. The van der Waals surface area contributed by atoms with Crippen LogP contribution in [0.15, 0.2) is 42.7 Å². The summed E-state index contributed by atoms with van der Waals surface area (Å²) in [7, 11) is 0. The van der Waals surface area contributed by atoms with E-state index >= 15 is 0 Å². The van der Waals surface area contributed by atoms with E-state index in [0.717, 1.165) is 6.07 Å². The van der Waals surface area contributed by atoms with E-state index in [-0.39, 0.29) is 11.3 Å². The summed E-state index contributed by atoms with van der Waals surface area (Å²) in [5.41, 5.74) is 8.48. The zero-order valence-electron chi connectivity index (χ0n) is 8.35. The van der Waals surface area contributed by atoms with Crippen molar-refractivity contribution in [3.63, 3.8) is 0 Å². The van der Waals surface area contributed by atoms with Gasteiger partial charge in [-0.05, 0) is 30.3 Å². The van der Waals surface area contributed by atoms with Gasteiger partial charge in [-0.25, -0.2) is 4.39 Å². The molecule has 2 rings (SSSR count). The highest BCUT2D eigenvalue weighted by Gasteiger charge is 2.10. The van der Waals surface area contributed by atoms with Crippen molar-refractivity contribution in [2.45, 2.75) is 0 Å². The highest BCUT2D eigenvalue weighted by Crippen LogP contribution is 2.13. The molecule has 0 atom stereocenters. The zero-order chi connectivity index (χ0) is 11.5. The molecule has 0 saturated heterocycles. The van der Waals surface area contributed by atoms with Crippen LogP contribution >= 0.6 is 0 Å². The second-order valence-electron chi connectivity index (χ2n) is 3.26. The van der Waals surface area contributed by atoms with Crippen LogP contribution in [0.25, 0.3) is 0 Å². The van der Waals surface area contributed by atoms with Crippen molar-refractivity contribution < 1.29 is 9.18 Å². The number of nitrogens with two attached hydrogens (primary N) is 1. The summed E-state index contributed by atoms with van der Waals surface area (Å²) in [6.45, 7) is 0. The van der Waals surface area contributed by atoms with Gasteiger partial charge in [0.05, 0.1) is 5.56 Å². The van der Waals surface area contributed by atoms with Gasteiger partial charge in [0.1, 0.15) is 5.82 Å². The maximum atomic E-state index is 12.9. The Balaban J connectivity index is 2.24. The Morgan fingerprint density at radius 2 is 2.00 bits per heavy atom. The summed E-state index contributed by atoms with van der Waals surface area (Å²) < 4.78 is 14.4. The molecular formula is C11H10FN3O. The quantitative estimate of drug-likeness (QED) is 0.753. The predicted octanol–water partition coefficient (Wildman–Crippen LogP) is 1.59. The molecule has 1 heterocycles. The van der Waals surface area contributed by atoms with Gasteiger partial charge >= 0.3 is 0 Å². The van der Waals surface area contributed by atoms with E-state index in [1.54, 1.807) is 24.5 Å². The molecule has 0 bridgehead atoms. The Morgan fingerprint density at radius 3 is 2.69 bits per heavy atom. The van der Waals surface area contributed by atoms with E-state index < -0.39 is 11.7 Å². The first-order chi connectivity index (χ1) is 7.66. The second-order valence-corrected chi connectivity index (χ2v) is 3.26. The second kappa shape index (κ2) is 4.06. The summed E-state index contributed by atoms with van der Waals surface area (Å²) in [5, 5.41) is 0. The molecule has 16 heavy (non-hydrogen) atoms. The molecule has 0 spiro atoms. The summed E-state index contributed by atoms with van der Waals surface area (Å²) in [5.74, 6) is -0.944. The number of hydrogen-bond acceptors (Lipinski definition) is 2. The number of benzene rings is 1. The molecule has 1 aromatic carbocycles. The molecule has 0 fully saturated rings. The van der Waals surface area contributed by atoms with Gasteiger partial charge in [-0.2, -0.15) is 0 Å². The molecule has 0 unspecified atom stereocenters. The summed E-state index contributed by atoms with van der Waals surface area (Å²) in [6.07, 6.45) is 3.32. The number of aromatic nitrogens is 1. The van der Waals surface area contributed by atoms with Crippen LogP contribution in [0, 0.1) is 5.82 Å². The predicted molar refractivity (Wildman–Crippen MR) is 58.9 cm³/mol. The van der Waals surface area contributed by atoms with Crippen LogP contribution in [0.2, 0.25) is 0 Å². The van der Waals surface area contributed by atoms with E-state index in [4.69, 9.17) is 5.73 Å². The number of anilines is 1. The smallest absolute Gasteiger partial charge is 0.272 e. The highest BCUT2D eigenvalue weighted by molar-refractivity contribution is 6.04. The Kier molecular flexibility index (Phi) is 2.59. The fourth-order valence-corrected chi connectivity index (χ4v) is 1.31. The molecule has 3 N–H and O–H groups in total. The number of rotatable bonds is 2. The highest BCUT2D eigenvalue weighted by atomic mass is 19.1. The summed E-state index contributed by atoms with van der Waals surface area (Å²) in [6, 6.07) is 7.19. The Morgan fingerprint density at radius 1 is 1.31 bits per heavy atom. The lowest BCUT2D eigenvalue weighted by molar-refractivity contribution is 0.101. The van der Waals surface area contributed by atoms with Crippen LogP contribution in [-0.4, -0.2) is 10.6 Å². The van der Waals surface area contributed by atoms with Crippen molar-refractivity contribution in [1.29, 1.82) is 0 Å². The van der Waals surface area contributed by atoms with Gasteiger partial charge in [-0.1, -0.05) is 0 Å². The summed E-state index contributed by atoms with van der Waals surface area (Å²) >= 11 is 0. The largest absolute Gasteiger partial charge is 0.398 e. The minimum atomic E-state index is -0.494. The van der Waals surface area contributed by atoms with Crippen molar-refractivity contribution in [3.05, 3.63) is 54.1 Å². The molecule has 0 aliphatic heterocycles. The number of carbonyl (C=O) groups excluding carboxylic acids is 1. The van der Waals surface area contributed by atoms with Crippen molar-refractivity contribution in [2.75, 3.05) is 11.2 Å². The molecule has 2 aromatic rings. The minimum absolute atomic E-state index is 0.119. The third-order valence-electron chi connectivity index (χ3n) is 2.10. The van der Waals surface area contributed by atoms with Crippen LogP contribution in [0.5, 0.6) is 0 Å². The first kappa shape index (κ1) is 10.2. The molecule has 0 aliphatic carbocycles. The molecule has 1 aromatic heterocycles. The van der Waals surface area contributed by atoms with Gasteiger partial charge in [0.25, 0.3) is 5.91 Å². The topological polar surface area (TPSA) is 60.1 Å². The zero-order valence-corrected chi connectivity index (χ0v) is 8.35. The Bertz CT molecular complexity index is 508. The van der Waals surface area contributed by atoms with Crippen LogP contribution < -0.4 is 11.2 Å². The fourth-order valence-electron chi connectivity index (χ4n) is 1.31. The van der Waals surface area contributed by atoms with Crippen LogP contribution in [0.3, 0.4) is 0 Å². The van der Waals surface area contributed by atoms with Gasteiger partial charge in [0.2, 0.25) is 0 Å². The van der Waals surface area contributed by atoms with Gasteiger partial charge in [0.15, 0.2) is 0 Å². The number of nitrogens with one attached hydrogen (secondary N) is 1. The molecule has 0 aliphatic rings. The maximum absolute atomic E-state index is 12.9. The first-order valence-electron chi connectivity index (χ1n) is 4.66. The van der Waals surface area contributed by atoms with Crippen LogP contribution in [0.4, 0.5) is 10.1 Å². The molecule has 82 valence electrons. The van der Waals surface area contributed by atoms with E-state index in [0.29, 0.717) is 0 Å². The summed E-state index contributed by atoms with van der Waals surface area (Å²) in [4.78, 5) is 11.7. The third kappa shape index (κ3) is 2.03. The SMILES string of the molecule is Nc1ccc(F)cc1C(=O)Nn1cccc1. The van der Waals surface area contributed by atoms with Gasteiger partial charge in [0, 0.05) is 18.1 Å². The number of amides is 1. The van der Waals surface area contributed by atoms with E-state index in [2.05, 4.69) is 5.43 Å². The van der Waals surface area contributed by atoms with Crippen molar-refractivity contribution in [2.24, 2.45) is 0 Å². The number of nitrogen functional groups attached to an aromatic ring is 1. The average molecular weight is 219 g/mol. The van der Waals surface area contributed by atoms with Crippen LogP contribution in [0.1, 0.15) is 10.4 Å². The third-order valence-corrected chi connectivity index (χ3v) is 2.10. The standard InChI is InChI=1S/C11H10FN3O/c12-8-3-4-10(13)9(7-8)11(16)14-15-5-1-2-6-15/h1-7H,13H2,(H,14,16). The number of carbonyl (C=O) groups is 1. The number of nitrogens with zero attached hydrogens (tertiary/aromatic N) is 1. The lowest BCUT2D eigenvalue weighted by Crippen LogP contribution is -2.22. The van der Waals surface area contributed by atoms with Crippen molar-refractivity contribution >= 4 is 11.6 Å². The first-order valence-corrected chi connectivity index (χ1v) is 4.66. The van der Waals surface area contributed by atoms with Crippen molar-refractivity contribution in [3.8, 4) is 0 Å². The Labute approximate surface area is 91.5 Å². The number of halogens is 1. The van der Waals surface area contributed by atoms with Crippen molar-refractivity contribution in [1.82, 2.24) is 4.68 Å². The van der Waals surface area contributed by atoms with E-state index in [9.17, 15) is 9.18 Å². The molecule has 5 heteroatoms. The monoisotopic (exact) mass is 219 g/mol. The van der Waals surface area contributed by atoms with E-state index in [1.807, 2.05) is 0 Å².